The van der Waals surface area contributed by atoms with Gasteiger partial charge >= 0.3 is 0 Å². The Kier molecular flexibility index (Phi) is 4.98. The van der Waals surface area contributed by atoms with Crippen LogP contribution in [-0.2, 0) is 26.9 Å². The summed E-state index contributed by atoms with van der Waals surface area (Å²) >= 11 is 0. The predicted molar refractivity (Wildman–Crippen MR) is 110 cm³/mol. The molecule has 146 valence electrons. The molecule has 6 heteroatoms. The molecular weight excluding hydrogens is 372 g/mol. The number of hydrogen-bond donors (Lipinski definition) is 0. The highest BCUT2D eigenvalue weighted by Gasteiger charge is 2.24. The van der Waals surface area contributed by atoms with Crippen molar-refractivity contribution in [2.24, 2.45) is 0 Å². The summed E-state index contributed by atoms with van der Waals surface area (Å²) in [4.78, 5) is 14.8. The van der Waals surface area contributed by atoms with Gasteiger partial charge in [-0.2, -0.15) is 0 Å². The van der Waals surface area contributed by atoms with Crippen LogP contribution < -0.4 is 0 Å². The highest BCUT2D eigenvalue weighted by molar-refractivity contribution is 7.90. The van der Waals surface area contributed by atoms with Crippen LogP contribution in [0.2, 0.25) is 0 Å². The van der Waals surface area contributed by atoms with Gasteiger partial charge in [0, 0.05) is 30.2 Å². The van der Waals surface area contributed by atoms with E-state index in [0.29, 0.717) is 10.3 Å². The Hall–Kier alpha value is -2.60. The van der Waals surface area contributed by atoms with E-state index in [1.807, 2.05) is 60.4 Å². The van der Waals surface area contributed by atoms with Crippen LogP contribution in [0.5, 0.6) is 0 Å². The number of sulfone groups is 1. The maximum Gasteiger partial charge on any atom is 0.242 e. The van der Waals surface area contributed by atoms with Crippen molar-refractivity contribution in [3.8, 4) is 0 Å². The first kappa shape index (κ1) is 18.7. The minimum atomic E-state index is -3.54. The highest BCUT2D eigenvalue weighted by Crippen LogP contribution is 2.29. The van der Waals surface area contributed by atoms with Crippen molar-refractivity contribution in [1.29, 1.82) is 0 Å². The Labute approximate surface area is 165 Å². The second-order valence-corrected chi connectivity index (χ2v) is 9.37. The summed E-state index contributed by atoms with van der Waals surface area (Å²) in [5.74, 6) is -0.00518. The van der Waals surface area contributed by atoms with Gasteiger partial charge in [-0.15, -0.1) is 0 Å². The number of para-hydroxylation sites is 1. The lowest BCUT2D eigenvalue weighted by Gasteiger charge is -2.15. The van der Waals surface area contributed by atoms with Gasteiger partial charge in [0.2, 0.25) is 5.91 Å². The maximum atomic E-state index is 13.2. The van der Waals surface area contributed by atoms with Gasteiger partial charge < -0.3 is 9.47 Å². The molecule has 1 aromatic heterocycles. The Morgan fingerprint density at radius 2 is 1.68 bits per heavy atom. The van der Waals surface area contributed by atoms with Crippen molar-refractivity contribution in [2.75, 3.05) is 13.1 Å². The molecule has 5 nitrogen and oxygen atoms in total. The molecule has 2 aromatic carbocycles. The molecule has 0 aliphatic carbocycles. The van der Waals surface area contributed by atoms with Gasteiger partial charge in [0.05, 0.1) is 10.6 Å². The van der Waals surface area contributed by atoms with Gasteiger partial charge in [0.25, 0.3) is 0 Å². The fourth-order valence-electron chi connectivity index (χ4n) is 3.86. The summed E-state index contributed by atoms with van der Waals surface area (Å²) in [6.07, 6.45) is 3.70. The van der Waals surface area contributed by atoms with Crippen molar-refractivity contribution >= 4 is 26.6 Å². The third-order valence-corrected chi connectivity index (χ3v) is 7.14. The van der Waals surface area contributed by atoms with Crippen molar-refractivity contribution in [3.05, 3.63) is 65.9 Å². The van der Waals surface area contributed by atoms with E-state index in [1.54, 1.807) is 10.8 Å². The first-order chi connectivity index (χ1) is 13.5. The molecule has 0 N–H and O–H groups in total. The average Bonchev–Trinajstić information content (AvgIpc) is 3.33. The molecule has 0 unspecified atom stereocenters. The number of aromatic nitrogens is 1. The van der Waals surface area contributed by atoms with Gasteiger partial charge in [0.15, 0.2) is 9.84 Å². The van der Waals surface area contributed by atoms with E-state index >= 15 is 0 Å². The third kappa shape index (κ3) is 3.56. The van der Waals surface area contributed by atoms with Gasteiger partial charge in [-0.05, 0) is 37.0 Å². The van der Waals surface area contributed by atoms with E-state index < -0.39 is 9.84 Å². The van der Waals surface area contributed by atoms with Gasteiger partial charge in [-0.1, -0.05) is 42.5 Å². The summed E-state index contributed by atoms with van der Waals surface area (Å²) < 4.78 is 28.2. The van der Waals surface area contributed by atoms with Crippen LogP contribution in [0, 0.1) is 6.92 Å². The SMILES string of the molecule is Cc1ccccc1CS(=O)(=O)c1cn(CC(=O)N2CCCC2)c2ccccc12. The molecule has 2 heterocycles. The molecule has 3 aromatic rings. The molecule has 1 aliphatic heterocycles. The van der Waals surface area contributed by atoms with Crippen molar-refractivity contribution in [3.63, 3.8) is 0 Å². The van der Waals surface area contributed by atoms with Crippen LogP contribution >= 0.6 is 0 Å². The standard InChI is InChI=1S/C22H24N2O3S/c1-17-8-2-3-9-18(17)16-28(26,27)21-14-24(20-11-5-4-10-19(20)21)15-22(25)23-12-6-7-13-23/h2-5,8-11,14H,6-7,12-13,15-16H2,1H3. The predicted octanol–water partition coefficient (Wildman–Crippen LogP) is 3.55. The molecule has 4 rings (SSSR count). The van der Waals surface area contributed by atoms with Crippen LogP contribution in [0.15, 0.2) is 59.6 Å². The minimum absolute atomic E-state index is 0.0427. The van der Waals surface area contributed by atoms with E-state index in [2.05, 4.69) is 0 Å². The normalized spacial score (nSPS) is 14.7. The van der Waals surface area contributed by atoms with E-state index in [1.165, 1.54) is 0 Å². The average molecular weight is 397 g/mol. The fourth-order valence-corrected chi connectivity index (χ4v) is 5.54. The summed E-state index contributed by atoms with van der Waals surface area (Å²) in [6, 6.07) is 14.9. The van der Waals surface area contributed by atoms with E-state index in [0.717, 1.165) is 42.6 Å². The zero-order valence-corrected chi connectivity index (χ0v) is 16.8. The van der Waals surface area contributed by atoms with Crippen LogP contribution in [-0.4, -0.2) is 36.9 Å². The van der Waals surface area contributed by atoms with Gasteiger partial charge in [-0.3, -0.25) is 4.79 Å². The summed E-state index contributed by atoms with van der Waals surface area (Å²) in [5, 5.41) is 0.672. The topological polar surface area (TPSA) is 59.4 Å². The number of carbonyl (C=O) groups is 1. The van der Waals surface area contributed by atoms with Crippen molar-refractivity contribution < 1.29 is 13.2 Å². The Morgan fingerprint density at radius 3 is 2.43 bits per heavy atom. The third-order valence-electron chi connectivity index (χ3n) is 5.46. The number of benzene rings is 2. The lowest BCUT2D eigenvalue weighted by Crippen LogP contribution is -2.30. The van der Waals surface area contributed by atoms with Crippen LogP contribution in [0.1, 0.15) is 24.0 Å². The fraction of sp³-hybridized carbons (Fsp3) is 0.318. The van der Waals surface area contributed by atoms with E-state index in [4.69, 9.17) is 0 Å². The Balaban J connectivity index is 1.71. The number of likely N-dealkylation sites (tertiary alicyclic amines) is 1. The molecule has 0 radical (unpaired) electrons. The first-order valence-electron chi connectivity index (χ1n) is 9.58. The molecule has 1 amide bonds. The molecule has 1 aliphatic rings. The number of carbonyl (C=O) groups excluding carboxylic acids is 1. The number of nitrogens with zero attached hydrogens (tertiary/aromatic N) is 2. The number of rotatable bonds is 5. The molecule has 0 saturated carbocycles. The molecule has 1 fully saturated rings. The Bertz CT molecular complexity index is 1130. The number of amides is 1. The van der Waals surface area contributed by atoms with Crippen LogP contribution in [0.3, 0.4) is 0 Å². The van der Waals surface area contributed by atoms with Crippen molar-refractivity contribution in [2.45, 2.75) is 37.0 Å². The highest BCUT2D eigenvalue weighted by atomic mass is 32.2. The summed E-state index contributed by atoms with van der Waals surface area (Å²) in [5.41, 5.74) is 2.53. The quantitative estimate of drug-likeness (QED) is 0.663. The minimum Gasteiger partial charge on any atom is -0.341 e. The smallest absolute Gasteiger partial charge is 0.242 e. The largest absolute Gasteiger partial charge is 0.341 e. The molecule has 28 heavy (non-hydrogen) atoms. The molecule has 0 atom stereocenters. The second kappa shape index (κ2) is 7.43. The van der Waals surface area contributed by atoms with Gasteiger partial charge in [0.1, 0.15) is 6.54 Å². The van der Waals surface area contributed by atoms with Crippen molar-refractivity contribution in [1.82, 2.24) is 9.47 Å². The lowest BCUT2D eigenvalue weighted by molar-refractivity contribution is -0.130. The zero-order valence-electron chi connectivity index (χ0n) is 16.0. The molecule has 0 spiro atoms. The second-order valence-electron chi connectivity index (χ2n) is 7.41. The number of fused-ring (bicyclic) bond motifs is 1. The number of hydrogen-bond acceptors (Lipinski definition) is 3. The van der Waals surface area contributed by atoms with Crippen LogP contribution in [0.4, 0.5) is 0 Å². The Morgan fingerprint density at radius 1 is 1.00 bits per heavy atom. The maximum absolute atomic E-state index is 13.2. The molecule has 0 bridgehead atoms. The zero-order chi connectivity index (χ0) is 19.7. The van der Waals surface area contributed by atoms with E-state index in [9.17, 15) is 13.2 Å². The monoisotopic (exact) mass is 396 g/mol. The first-order valence-corrected chi connectivity index (χ1v) is 11.2. The summed E-state index contributed by atoms with van der Waals surface area (Å²) in [6.45, 7) is 3.66. The van der Waals surface area contributed by atoms with E-state index in [-0.39, 0.29) is 18.2 Å². The van der Waals surface area contributed by atoms with Crippen LogP contribution in [0.25, 0.3) is 10.9 Å². The number of aryl methyl sites for hydroxylation is 1. The molecule has 1 saturated heterocycles. The lowest BCUT2D eigenvalue weighted by atomic mass is 10.1. The van der Waals surface area contributed by atoms with Gasteiger partial charge in [-0.25, -0.2) is 8.42 Å². The molecular formula is C22H24N2O3S. The summed E-state index contributed by atoms with van der Waals surface area (Å²) in [7, 11) is -3.54.